The number of carbonyl (C=O) groups excluding carboxylic acids is 2. The zero-order chi connectivity index (χ0) is 19.4. The Hall–Kier alpha value is -2.87. The van der Waals surface area contributed by atoms with Gasteiger partial charge in [-0.15, -0.1) is 0 Å². The monoisotopic (exact) mass is 377 g/mol. The van der Waals surface area contributed by atoms with Gasteiger partial charge in [0.2, 0.25) is 5.91 Å². The molecule has 0 aliphatic carbocycles. The number of benzene rings is 2. The highest BCUT2D eigenvalue weighted by atomic mass is 19.4. The van der Waals surface area contributed by atoms with Crippen molar-refractivity contribution in [2.24, 2.45) is 0 Å². The van der Waals surface area contributed by atoms with E-state index >= 15 is 0 Å². The maximum absolute atomic E-state index is 12.8. The van der Waals surface area contributed by atoms with Gasteiger partial charge in [0.1, 0.15) is 0 Å². The van der Waals surface area contributed by atoms with E-state index in [1.807, 2.05) is 0 Å². The van der Waals surface area contributed by atoms with E-state index < -0.39 is 17.6 Å². The summed E-state index contributed by atoms with van der Waals surface area (Å²) >= 11 is 0. The van der Waals surface area contributed by atoms with Crippen molar-refractivity contribution in [2.75, 3.05) is 17.2 Å². The fourth-order valence-electron chi connectivity index (χ4n) is 2.85. The van der Waals surface area contributed by atoms with Crippen LogP contribution < -0.4 is 16.0 Å². The molecular weight excluding hydrogens is 359 g/mol. The summed E-state index contributed by atoms with van der Waals surface area (Å²) in [7, 11) is 0. The molecule has 1 aliphatic rings. The topological polar surface area (TPSA) is 70.2 Å². The molecule has 0 spiro atoms. The van der Waals surface area contributed by atoms with E-state index in [1.54, 1.807) is 24.3 Å². The van der Waals surface area contributed by atoms with Gasteiger partial charge >= 0.3 is 6.18 Å². The lowest BCUT2D eigenvalue weighted by molar-refractivity contribution is -0.137. The SMILES string of the molecule is O=C(Nc1cccc(NC(=O)C2CCCN2)c1)c1cccc(C(F)(F)F)c1. The van der Waals surface area contributed by atoms with Gasteiger partial charge in [-0.3, -0.25) is 9.59 Å². The molecule has 1 saturated heterocycles. The quantitative estimate of drug-likeness (QED) is 0.762. The van der Waals surface area contributed by atoms with Crippen LogP contribution in [0.1, 0.15) is 28.8 Å². The Kier molecular flexibility index (Phi) is 5.46. The molecule has 0 aromatic heterocycles. The Labute approximate surface area is 154 Å². The van der Waals surface area contributed by atoms with Crippen molar-refractivity contribution in [2.45, 2.75) is 25.1 Å². The molecule has 8 heteroatoms. The molecule has 3 N–H and O–H groups in total. The van der Waals surface area contributed by atoms with Crippen molar-refractivity contribution in [1.82, 2.24) is 5.32 Å². The number of carbonyl (C=O) groups is 2. The van der Waals surface area contributed by atoms with Gasteiger partial charge in [-0.05, 0) is 55.8 Å². The summed E-state index contributed by atoms with van der Waals surface area (Å²) < 4.78 is 38.4. The summed E-state index contributed by atoms with van der Waals surface area (Å²) in [4.78, 5) is 24.4. The predicted molar refractivity (Wildman–Crippen MR) is 95.5 cm³/mol. The molecule has 0 radical (unpaired) electrons. The number of rotatable bonds is 4. The van der Waals surface area contributed by atoms with E-state index in [0.29, 0.717) is 11.4 Å². The van der Waals surface area contributed by atoms with Crippen molar-refractivity contribution >= 4 is 23.2 Å². The van der Waals surface area contributed by atoms with Crippen molar-refractivity contribution in [3.63, 3.8) is 0 Å². The molecule has 3 rings (SSSR count). The maximum atomic E-state index is 12.8. The van der Waals surface area contributed by atoms with Gasteiger partial charge in [-0.2, -0.15) is 13.2 Å². The summed E-state index contributed by atoms with van der Waals surface area (Å²) in [5.41, 5.74) is -0.125. The summed E-state index contributed by atoms with van der Waals surface area (Å²) in [5, 5.41) is 8.40. The molecule has 2 aromatic carbocycles. The molecule has 1 atom stereocenters. The van der Waals surface area contributed by atoms with Crippen molar-refractivity contribution in [3.05, 3.63) is 59.7 Å². The second-order valence-electron chi connectivity index (χ2n) is 6.25. The molecule has 2 amide bonds. The first kappa shape index (κ1) is 18.9. The average molecular weight is 377 g/mol. The zero-order valence-electron chi connectivity index (χ0n) is 14.3. The molecule has 1 heterocycles. The van der Waals surface area contributed by atoms with Gasteiger partial charge in [-0.25, -0.2) is 0 Å². The van der Waals surface area contributed by atoms with E-state index in [1.165, 1.54) is 12.1 Å². The van der Waals surface area contributed by atoms with E-state index in [0.717, 1.165) is 31.5 Å². The van der Waals surface area contributed by atoms with Gasteiger partial charge in [0, 0.05) is 16.9 Å². The molecule has 142 valence electrons. The molecule has 2 aromatic rings. The second-order valence-corrected chi connectivity index (χ2v) is 6.25. The Bertz CT molecular complexity index is 846. The molecular formula is C19H18F3N3O2. The fourth-order valence-corrected chi connectivity index (χ4v) is 2.85. The first-order valence-electron chi connectivity index (χ1n) is 8.46. The van der Waals surface area contributed by atoms with Crippen LogP contribution in [-0.4, -0.2) is 24.4 Å². The van der Waals surface area contributed by atoms with Crippen LogP contribution in [0, 0.1) is 0 Å². The standard InChI is InChI=1S/C19H18F3N3O2/c20-19(21,22)13-5-1-4-12(10-13)17(26)24-14-6-2-7-15(11-14)25-18(27)16-8-3-9-23-16/h1-2,4-7,10-11,16,23H,3,8-9H2,(H,24,26)(H,25,27). The highest BCUT2D eigenvalue weighted by Crippen LogP contribution is 2.29. The Balaban J connectivity index is 1.69. The van der Waals surface area contributed by atoms with E-state index in [-0.39, 0.29) is 17.5 Å². The Morgan fingerprint density at radius 1 is 1.00 bits per heavy atom. The van der Waals surface area contributed by atoms with Crippen molar-refractivity contribution in [1.29, 1.82) is 0 Å². The molecule has 0 bridgehead atoms. The number of hydrogen-bond donors (Lipinski definition) is 3. The molecule has 5 nitrogen and oxygen atoms in total. The van der Waals surface area contributed by atoms with Crippen molar-refractivity contribution in [3.8, 4) is 0 Å². The minimum Gasteiger partial charge on any atom is -0.325 e. The third-order valence-electron chi connectivity index (χ3n) is 4.22. The van der Waals surface area contributed by atoms with Crippen LogP contribution in [0.4, 0.5) is 24.5 Å². The summed E-state index contributed by atoms with van der Waals surface area (Å²) in [6, 6.07) is 10.4. The first-order chi connectivity index (χ1) is 12.8. The largest absolute Gasteiger partial charge is 0.416 e. The van der Waals surface area contributed by atoms with Gasteiger partial charge < -0.3 is 16.0 Å². The number of alkyl halides is 3. The highest BCUT2D eigenvalue weighted by molar-refractivity contribution is 6.05. The number of anilines is 2. The lowest BCUT2D eigenvalue weighted by Gasteiger charge is -2.13. The summed E-state index contributed by atoms with van der Waals surface area (Å²) in [6.07, 6.45) is -2.82. The molecule has 27 heavy (non-hydrogen) atoms. The molecule has 1 aliphatic heterocycles. The number of halogens is 3. The Morgan fingerprint density at radius 3 is 2.37 bits per heavy atom. The van der Waals surface area contributed by atoms with Gasteiger partial charge in [0.15, 0.2) is 0 Å². The minimum absolute atomic E-state index is 0.102. The van der Waals surface area contributed by atoms with E-state index in [4.69, 9.17) is 0 Å². The van der Waals surface area contributed by atoms with E-state index in [2.05, 4.69) is 16.0 Å². The van der Waals surface area contributed by atoms with Gasteiger partial charge in [0.25, 0.3) is 5.91 Å². The van der Waals surface area contributed by atoms with Crippen LogP contribution in [0.2, 0.25) is 0 Å². The number of hydrogen-bond acceptors (Lipinski definition) is 3. The van der Waals surface area contributed by atoms with Gasteiger partial charge in [-0.1, -0.05) is 12.1 Å². The summed E-state index contributed by atoms with van der Waals surface area (Å²) in [6.45, 7) is 0.797. The van der Waals surface area contributed by atoms with Crippen molar-refractivity contribution < 1.29 is 22.8 Å². The van der Waals surface area contributed by atoms with E-state index in [9.17, 15) is 22.8 Å². The number of nitrogens with one attached hydrogen (secondary N) is 3. The van der Waals surface area contributed by atoms with Crippen LogP contribution >= 0.6 is 0 Å². The lowest BCUT2D eigenvalue weighted by atomic mass is 10.1. The lowest BCUT2D eigenvalue weighted by Crippen LogP contribution is -2.35. The summed E-state index contributed by atoms with van der Waals surface area (Å²) in [5.74, 6) is -0.823. The highest BCUT2D eigenvalue weighted by Gasteiger charge is 2.30. The molecule has 1 unspecified atom stereocenters. The number of amides is 2. The Morgan fingerprint density at radius 2 is 1.70 bits per heavy atom. The van der Waals surface area contributed by atoms with Crippen LogP contribution in [0.3, 0.4) is 0 Å². The zero-order valence-corrected chi connectivity index (χ0v) is 14.3. The van der Waals surface area contributed by atoms with Crippen LogP contribution in [-0.2, 0) is 11.0 Å². The minimum atomic E-state index is -4.52. The normalized spacial score (nSPS) is 16.8. The van der Waals surface area contributed by atoms with Crippen LogP contribution in [0.15, 0.2) is 48.5 Å². The van der Waals surface area contributed by atoms with Gasteiger partial charge in [0.05, 0.1) is 11.6 Å². The third-order valence-corrected chi connectivity index (χ3v) is 4.22. The fraction of sp³-hybridized carbons (Fsp3) is 0.263. The first-order valence-corrected chi connectivity index (χ1v) is 8.46. The van der Waals surface area contributed by atoms with Crippen LogP contribution in [0.5, 0.6) is 0 Å². The smallest absolute Gasteiger partial charge is 0.325 e. The maximum Gasteiger partial charge on any atom is 0.416 e. The third kappa shape index (κ3) is 4.85. The molecule has 0 saturated carbocycles. The van der Waals surface area contributed by atoms with Crippen LogP contribution in [0.25, 0.3) is 0 Å². The predicted octanol–water partition coefficient (Wildman–Crippen LogP) is 3.65. The second kappa shape index (κ2) is 7.79. The molecule has 1 fully saturated rings. The average Bonchev–Trinajstić information content (AvgIpc) is 3.16.